The standard InChI is InChI=1S/C21H22N4O3S/c26-20(14-9-16-5-4-6-16)23-18-10-12-19(13-11-18)29(27,28)25-15-22-21(24-25)17-7-2-1-3-8-17/h1-3,7-8,10-13,15-16H,4-6,9,14H2,(H,23,26). The van der Waals surface area contributed by atoms with Crippen LogP contribution in [0.1, 0.15) is 32.1 Å². The van der Waals surface area contributed by atoms with Gasteiger partial charge < -0.3 is 5.32 Å². The van der Waals surface area contributed by atoms with Crippen LogP contribution in [0.4, 0.5) is 5.69 Å². The Morgan fingerprint density at radius 2 is 1.79 bits per heavy atom. The second-order valence-electron chi connectivity index (χ2n) is 7.22. The number of rotatable bonds is 7. The third-order valence-corrected chi connectivity index (χ3v) is 6.73. The van der Waals surface area contributed by atoms with Gasteiger partial charge in [0.2, 0.25) is 5.91 Å². The first-order valence-corrected chi connectivity index (χ1v) is 11.1. The summed E-state index contributed by atoms with van der Waals surface area (Å²) in [7, 11) is -3.86. The van der Waals surface area contributed by atoms with Crippen LogP contribution in [0.2, 0.25) is 0 Å². The van der Waals surface area contributed by atoms with Crippen molar-refractivity contribution in [3.63, 3.8) is 0 Å². The second kappa shape index (κ2) is 8.16. The maximum Gasteiger partial charge on any atom is 0.284 e. The Morgan fingerprint density at radius 3 is 2.45 bits per heavy atom. The molecule has 0 bridgehead atoms. The van der Waals surface area contributed by atoms with Crippen LogP contribution in [-0.2, 0) is 14.8 Å². The molecule has 2 aromatic carbocycles. The molecule has 8 heteroatoms. The van der Waals surface area contributed by atoms with E-state index in [-0.39, 0.29) is 10.8 Å². The van der Waals surface area contributed by atoms with E-state index in [0.717, 1.165) is 16.1 Å². The molecule has 0 spiro atoms. The summed E-state index contributed by atoms with van der Waals surface area (Å²) in [6.45, 7) is 0. The summed E-state index contributed by atoms with van der Waals surface area (Å²) in [4.78, 5) is 16.2. The first-order chi connectivity index (χ1) is 14.0. The lowest BCUT2D eigenvalue weighted by atomic mass is 9.82. The Balaban J connectivity index is 1.43. The summed E-state index contributed by atoms with van der Waals surface area (Å²) in [6, 6.07) is 15.3. The smallest absolute Gasteiger partial charge is 0.284 e. The molecule has 3 aromatic rings. The Bertz CT molecular complexity index is 1090. The zero-order valence-corrected chi connectivity index (χ0v) is 16.7. The van der Waals surface area contributed by atoms with Gasteiger partial charge in [0, 0.05) is 17.7 Å². The van der Waals surface area contributed by atoms with Gasteiger partial charge in [-0.05, 0) is 36.6 Å². The van der Waals surface area contributed by atoms with Crippen LogP contribution >= 0.6 is 0 Å². The summed E-state index contributed by atoms with van der Waals surface area (Å²) in [5.41, 5.74) is 1.31. The molecule has 1 aliphatic carbocycles. The summed E-state index contributed by atoms with van der Waals surface area (Å²) in [5, 5.41) is 6.92. The van der Waals surface area contributed by atoms with Crippen molar-refractivity contribution >= 4 is 21.6 Å². The highest BCUT2D eigenvalue weighted by Gasteiger charge is 2.20. The van der Waals surface area contributed by atoms with Gasteiger partial charge in [-0.25, -0.2) is 4.98 Å². The molecule has 1 saturated carbocycles. The van der Waals surface area contributed by atoms with Gasteiger partial charge in [0.05, 0.1) is 4.90 Å². The lowest BCUT2D eigenvalue weighted by molar-refractivity contribution is -0.116. The van der Waals surface area contributed by atoms with Crippen LogP contribution in [0.3, 0.4) is 0 Å². The number of amides is 1. The third-order valence-electron chi connectivity index (χ3n) is 5.19. The van der Waals surface area contributed by atoms with Gasteiger partial charge in [0.25, 0.3) is 10.0 Å². The van der Waals surface area contributed by atoms with Gasteiger partial charge in [0.1, 0.15) is 6.33 Å². The summed E-state index contributed by atoms with van der Waals surface area (Å²) < 4.78 is 26.5. The largest absolute Gasteiger partial charge is 0.326 e. The first kappa shape index (κ1) is 19.3. The molecule has 1 N–H and O–H groups in total. The highest BCUT2D eigenvalue weighted by molar-refractivity contribution is 7.89. The minimum Gasteiger partial charge on any atom is -0.326 e. The minimum absolute atomic E-state index is 0.0451. The molecule has 1 fully saturated rings. The van der Waals surface area contributed by atoms with E-state index in [0.29, 0.717) is 23.9 Å². The molecule has 1 heterocycles. The van der Waals surface area contributed by atoms with Crippen molar-refractivity contribution in [3.8, 4) is 11.4 Å². The zero-order chi connectivity index (χ0) is 20.3. The number of anilines is 1. The number of benzene rings is 2. The zero-order valence-electron chi connectivity index (χ0n) is 15.9. The molecule has 0 saturated heterocycles. The van der Waals surface area contributed by atoms with Crippen LogP contribution in [0, 0.1) is 5.92 Å². The maximum absolute atomic E-state index is 12.8. The second-order valence-corrected chi connectivity index (χ2v) is 9.02. The lowest BCUT2D eigenvalue weighted by Crippen LogP contribution is -2.17. The molecule has 0 atom stereocenters. The summed E-state index contributed by atoms with van der Waals surface area (Å²) in [6.07, 6.45) is 6.29. The van der Waals surface area contributed by atoms with Crippen molar-refractivity contribution in [2.75, 3.05) is 5.32 Å². The monoisotopic (exact) mass is 410 g/mol. The van der Waals surface area contributed by atoms with E-state index in [4.69, 9.17) is 0 Å². The van der Waals surface area contributed by atoms with Crippen molar-refractivity contribution < 1.29 is 13.2 Å². The van der Waals surface area contributed by atoms with Gasteiger partial charge in [-0.15, -0.1) is 9.19 Å². The Labute approximate surface area is 169 Å². The van der Waals surface area contributed by atoms with E-state index < -0.39 is 10.0 Å². The average Bonchev–Trinajstić information content (AvgIpc) is 3.19. The van der Waals surface area contributed by atoms with Crippen LogP contribution in [0.15, 0.2) is 65.8 Å². The minimum atomic E-state index is -3.86. The molecular formula is C21H22N4O3S. The van der Waals surface area contributed by atoms with Crippen LogP contribution in [-0.4, -0.2) is 28.5 Å². The fourth-order valence-corrected chi connectivity index (χ4v) is 4.29. The number of nitrogens with one attached hydrogen (secondary N) is 1. The van der Waals surface area contributed by atoms with Gasteiger partial charge in [0.15, 0.2) is 5.82 Å². The SMILES string of the molecule is O=C(CCC1CCC1)Nc1ccc(S(=O)(=O)n2cnc(-c3ccccc3)n2)cc1. The Morgan fingerprint density at radius 1 is 1.07 bits per heavy atom. The van der Waals surface area contributed by atoms with Crippen molar-refractivity contribution in [3.05, 3.63) is 60.9 Å². The molecule has 1 aromatic heterocycles. The number of carbonyl (C=O) groups excluding carboxylic acids is 1. The summed E-state index contributed by atoms with van der Waals surface area (Å²) >= 11 is 0. The first-order valence-electron chi connectivity index (χ1n) is 9.65. The predicted octanol–water partition coefficient (Wildman–Crippen LogP) is 3.70. The average molecular weight is 410 g/mol. The van der Waals surface area contributed by atoms with Crippen LogP contribution in [0.5, 0.6) is 0 Å². The molecule has 4 rings (SSSR count). The van der Waals surface area contributed by atoms with E-state index in [1.165, 1.54) is 37.7 Å². The molecule has 150 valence electrons. The Kier molecular flexibility index (Phi) is 5.44. The number of hydrogen-bond acceptors (Lipinski definition) is 5. The van der Waals surface area contributed by atoms with E-state index in [2.05, 4.69) is 15.4 Å². The van der Waals surface area contributed by atoms with E-state index in [1.807, 2.05) is 30.3 Å². The molecule has 0 radical (unpaired) electrons. The molecule has 0 unspecified atom stereocenters. The van der Waals surface area contributed by atoms with Gasteiger partial charge in [-0.2, -0.15) is 8.42 Å². The molecule has 29 heavy (non-hydrogen) atoms. The van der Waals surface area contributed by atoms with Crippen molar-refractivity contribution in [2.45, 2.75) is 37.0 Å². The van der Waals surface area contributed by atoms with E-state index >= 15 is 0 Å². The van der Waals surface area contributed by atoms with E-state index in [9.17, 15) is 13.2 Å². The normalized spacial score (nSPS) is 14.3. The number of carbonyl (C=O) groups is 1. The number of aromatic nitrogens is 3. The fourth-order valence-electron chi connectivity index (χ4n) is 3.24. The summed E-state index contributed by atoms with van der Waals surface area (Å²) in [5.74, 6) is 0.970. The highest BCUT2D eigenvalue weighted by Crippen LogP contribution is 2.30. The molecule has 0 aliphatic heterocycles. The quantitative estimate of drug-likeness (QED) is 0.641. The van der Waals surface area contributed by atoms with Crippen molar-refractivity contribution in [2.24, 2.45) is 5.92 Å². The van der Waals surface area contributed by atoms with Gasteiger partial charge >= 0.3 is 0 Å². The fraction of sp³-hybridized carbons (Fsp3) is 0.286. The van der Waals surface area contributed by atoms with Gasteiger partial charge in [-0.3, -0.25) is 4.79 Å². The predicted molar refractivity (Wildman–Crippen MR) is 110 cm³/mol. The molecule has 1 aliphatic rings. The van der Waals surface area contributed by atoms with Crippen molar-refractivity contribution in [1.29, 1.82) is 0 Å². The maximum atomic E-state index is 12.8. The van der Waals surface area contributed by atoms with Gasteiger partial charge in [-0.1, -0.05) is 49.6 Å². The van der Waals surface area contributed by atoms with Crippen molar-refractivity contribution in [1.82, 2.24) is 14.2 Å². The molecule has 1 amide bonds. The topological polar surface area (TPSA) is 94.0 Å². The number of nitrogens with zero attached hydrogens (tertiary/aromatic N) is 3. The lowest BCUT2D eigenvalue weighted by Gasteiger charge is -2.24. The molecule has 7 nitrogen and oxygen atoms in total. The van der Waals surface area contributed by atoms with Crippen LogP contribution in [0.25, 0.3) is 11.4 Å². The number of hydrogen-bond donors (Lipinski definition) is 1. The third kappa shape index (κ3) is 4.37. The van der Waals surface area contributed by atoms with E-state index in [1.54, 1.807) is 12.1 Å². The Hall–Kier alpha value is -3.00. The van der Waals surface area contributed by atoms with Crippen LogP contribution < -0.4 is 5.32 Å². The highest BCUT2D eigenvalue weighted by atomic mass is 32.2. The molecular weight excluding hydrogens is 388 g/mol.